The number of amides is 1. The van der Waals surface area contributed by atoms with Crippen LogP contribution < -0.4 is 4.90 Å². The van der Waals surface area contributed by atoms with Gasteiger partial charge in [0.15, 0.2) is 11.5 Å². The van der Waals surface area contributed by atoms with Crippen molar-refractivity contribution in [3.63, 3.8) is 0 Å². The molecule has 5 heterocycles. The van der Waals surface area contributed by atoms with Gasteiger partial charge in [-0.2, -0.15) is 15.9 Å². The number of anilines is 1. The predicted molar refractivity (Wildman–Crippen MR) is 111 cm³/mol. The summed E-state index contributed by atoms with van der Waals surface area (Å²) in [5.74, 6) is 1.75. The third kappa shape index (κ3) is 3.06. The lowest BCUT2D eigenvalue weighted by Gasteiger charge is -2.35. The van der Waals surface area contributed by atoms with Crippen LogP contribution in [-0.4, -0.2) is 56.8 Å². The molecule has 1 aliphatic rings. The lowest BCUT2D eigenvalue weighted by atomic mass is 10.3. The van der Waals surface area contributed by atoms with Gasteiger partial charge in [0.05, 0.1) is 4.88 Å². The molecular formula is C19H18N6OS2. The van der Waals surface area contributed by atoms with E-state index in [0.717, 1.165) is 45.7 Å². The van der Waals surface area contributed by atoms with Crippen LogP contribution in [0.3, 0.4) is 0 Å². The molecule has 0 aliphatic carbocycles. The van der Waals surface area contributed by atoms with Crippen LogP contribution in [0, 0.1) is 6.92 Å². The maximum atomic E-state index is 12.7. The topological polar surface area (TPSA) is 66.6 Å². The Labute approximate surface area is 169 Å². The summed E-state index contributed by atoms with van der Waals surface area (Å²) >= 11 is 3.18. The zero-order valence-corrected chi connectivity index (χ0v) is 16.9. The number of fused-ring (bicyclic) bond motifs is 1. The SMILES string of the molecule is Cc1ccc(C(=O)N2CCN(c3ccc4nnc(-c5ccsc5)n4n3)CC2)s1. The fraction of sp³-hybridized carbons (Fsp3) is 0.263. The number of hydrogen-bond donors (Lipinski definition) is 0. The van der Waals surface area contributed by atoms with Crippen molar-refractivity contribution in [2.24, 2.45) is 0 Å². The van der Waals surface area contributed by atoms with E-state index in [1.807, 2.05) is 52.9 Å². The number of aryl methyl sites for hydroxylation is 1. The van der Waals surface area contributed by atoms with Gasteiger partial charge in [-0.1, -0.05) is 0 Å². The molecule has 4 aromatic heterocycles. The van der Waals surface area contributed by atoms with Crippen molar-refractivity contribution in [3.05, 3.63) is 50.8 Å². The lowest BCUT2D eigenvalue weighted by molar-refractivity contribution is 0.0751. The van der Waals surface area contributed by atoms with Crippen molar-refractivity contribution in [3.8, 4) is 11.4 Å². The van der Waals surface area contributed by atoms with Gasteiger partial charge in [0.25, 0.3) is 5.91 Å². The van der Waals surface area contributed by atoms with Gasteiger partial charge in [-0.3, -0.25) is 4.79 Å². The molecule has 1 aliphatic heterocycles. The summed E-state index contributed by atoms with van der Waals surface area (Å²) in [6, 6.07) is 9.85. The Morgan fingerprint density at radius 2 is 1.89 bits per heavy atom. The fourth-order valence-electron chi connectivity index (χ4n) is 3.36. The molecule has 0 aromatic carbocycles. The molecule has 0 unspecified atom stereocenters. The third-order valence-corrected chi connectivity index (χ3v) is 6.54. The molecule has 1 amide bonds. The van der Waals surface area contributed by atoms with Crippen molar-refractivity contribution < 1.29 is 4.79 Å². The second-order valence-corrected chi connectivity index (χ2v) is 8.75. The van der Waals surface area contributed by atoms with Crippen LogP contribution in [-0.2, 0) is 0 Å². The normalized spacial score (nSPS) is 14.8. The van der Waals surface area contributed by atoms with E-state index >= 15 is 0 Å². The molecule has 0 saturated carbocycles. The van der Waals surface area contributed by atoms with Gasteiger partial charge in [0.2, 0.25) is 0 Å². The Morgan fingerprint density at radius 1 is 1.04 bits per heavy atom. The molecule has 0 N–H and O–H groups in total. The van der Waals surface area contributed by atoms with E-state index < -0.39 is 0 Å². The molecule has 1 saturated heterocycles. The van der Waals surface area contributed by atoms with Crippen LogP contribution in [0.15, 0.2) is 41.1 Å². The van der Waals surface area contributed by atoms with Gasteiger partial charge in [0, 0.05) is 42.0 Å². The number of carbonyl (C=O) groups is 1. The van der Waals surface area contributed by atoms with Crippen LogP contribution >= 0.6 is 22.7 Å². The highest BCUT2D eigenvalue weighted by Gasteiger charge is 2.24. The Kier molecular flexibility index (Phi) is 4.33. The number of piperazine rings is 1. The summed E-state index contributed by atoms with van der Waals surface area (Å²) < 4.78 is 1.79. The molecule has 28 heavy (non-hydrogen) atoms. The van der Waals surface area contributed by atoms with Crippen LogP contribution in [0.2, 0.25) is 0 Å². The van der Waals surface area contributed by atoms with Gasteiger partial charge in [-0.05, 0) is 42.6 Å². The quantitative estimate of drug-likeness (QED) is 0.519. The molecule has 4 aromatic rings. The van der Waals surface area contributed by atoms with Gasteiger partial charge in [0.1, 0.15) is 5.82 Å². The molecule has 0 atom stereocenters. The monoisotopic (exact) mass is 410 g/mol. The van der Waals surface area contributed by atoms with E-state index in [0.29, 0.717) is 13.1 Å². The highest BCUT2D eigenvalue weighted by molar-refractivity contribution is 7.13. The minimum absolute atomic E-state index is 0.125. The molecule has 1 fully saturated rings. The smallest absolute Gasteiger partial charge is 0.264 e. The Balaban J connectivity index is 1.34. The first-order valence-electron chi connectivity index (χ1n) is 9.05. The van der Waals surface area contributed by atoms with E-state index in [4.69, 9.17) is 5.10 Å². The molecule has 9 heteroatoms. The minimum Gasteiger partial charge on any atom is -0.352 e. The number of carbonyl (C=O) groups excluding carboxylic acids is 1. The first-order valence-corrected chi connectivity index (χ1v) is 10.8. The first-order chi connectivity index (χ1) is 13.7. The molecular weight excluding hydrogens is 392 g/mol. The van der Waals surface area contributed by atoms with Crippen molar-refractivity contribution >= 4 is 40.0 Å². The average Bonchev–Trinajstić information content (AvgIpc) is 3.47. The third-order valence-electron chi connectivity index (χ3n) is 4.87. The number of aromatic nitrogens is 4. The Morgan fingerprint density at radius 3 is 2.61 bits per heavy atom. The first kappa shape index (κ1) is 17.3. The number of thiophene rings is 2. The zero-order valence-electron chi connectivity index (χ0n) is 15.3. The van der Waals surface area contributed by atoms with Crippen molar-refractivity contribution in [2.75, 3.05) is 31.1 Å². The van der Waals surface area contributed by atoms with Crippen molar-refractivity contribution in [1.82, 2.24) is 24.7 Å². The van der Waals surface area contributed by atoms with Crippen molar-refractivity contribution in [2.45, 2.75) is 6.92 Å². The molecule has 0 radical (unpaired) electrons. The Bertz CT molecular complexity index is 1120. The Hall–Kier alpha value is -2.78. The summed E-state index contributed by atoms with van der Waals surface area (Å²) in [6.45, 7) is 4.91. The van der Waals surface area contributed by atoms with Gasteiger partial charge >= 0.3 is 0 Å². The molecule has 142 valence electrons. The standard InChI is InChI=1S/C19H18N6OS2/c1-13-2-3-15(28-13)19(26)24-9-7-23(8-10-24)17-5-4-16-20-21-18(25(16)22-17)14-6-11-27-12-14/h2-6,11-12H,7-10H2,1H3. The summed E-state index contributed by atoms with van der Waals surface area (Å²) in [5, 5.41) is 17.3. The number of rotatable bonds is 3. The summed E-state index contributed by atoms with van der Waals surface area (Å²) in [7, 11) is 0. The minimum atomic E-state index is 0.125. The van der Waals surface area contributed by atoms with E-state index in [1.165, 1.54) is 0 Å². The van der Waals surface area contributed by atoms with E-state index in [9.17, 15) is 4.79 Å². The summed E-state index contributed by atoms with van der Waals surface area (Å²) in [6.07, 6.45) is 0. The molecule has 0 bridgehead atoms. The van der Waals surface area contributed by atoms with Gasteiger partial charge in [-0.15, -0.1) is 26.6 Å². The second-order valence-electron chi connectivity index (χ2n) is 6.69. The van der Waals surface area contributed by atoms with Crippen LogP contribution in [0.25, 0.3) is 17.0 Å². The van der Waals surface area contributed by atoms with Crippen LogP contribution in [0.4, 0.5) is 5.82 Å². The molecule has 5 rings (SSSR count). The maximum Gasteiger partial charge on any atom is 0.264 e. The highest BCUT2D eigenvalue weighted by Crippen LogP contribution is 2.23. The predicted octanol–water partition coefficient (Wildman–Crippen LogP) is 3.19. The van der Waals surface area contributed by atoms with Crippen LogP contribution in [0.1, 0.15) is 14.5 Å². The number of hydrogen-bond acceptors (Lipinski definition) is 7. The van der Waals surface area contributed by atoms with E-state index in [2.05, 4.69) is 15.1 Å². The average molecular weight is 411 g/mol. The fourth-order valence-corrected chi connectivity index (χ4v) is 4.83. The number of nitrogens with zero attached hydrogens (tertiary/aromatic N) is 6. The van der Waals surface area contributed by atoms with Crippen molar-refractivity contribution in [1.29, 1.82) is 0 Å². The van der Waals surface area contributed by atoms with E-state index in [-0.39, 0.29) is 5.91 Å². The van der Waals surface area contributed by atoms with Gasteiger partial charge < -0.3 is 9.80 Å². The summed E-state index contributed by atoms with van der Waals surface area (Å²) in [5.41, 5.74) is 1.75. The molecule has 0 spiro atoms. The van der Waals surface area contributed by atoms with Crippen LogP contribution in [0.5, 0.6) is 0 Å². The summed E-state index contributed by atoms with van der Waals surface area (Å²) in [4.78, 5) is 18.8. The van der Waals surface area contributed by atoms with E-state index in [1.54, 1.807) is 27.2 Å². The van der Waals surface area contributed by atoms with Gasteiger partial charge in [-0.25, -0.2) is 0 Å². The second kappa shape index (κ2) is 6.99. The lowest BCUT2D eigenvalue weighted by Crippen LogP contribution is -2.49. The zero-order chi connectivity index (χ0) is 19.1. The largest absolute Gasteiger partial charge is 0.352 e. The highest BCUT2D eigenvalue weighted by atomic mass is 32.1. The molecule has 7 nitrogen and oxygen atoms in total. The maximum absolute atomic E-state index is 12.7.